The van der Waals surface area contributed by atoms with Crippen molar-refractivity contribution in [2.24, 2.45) is 0 Å². The molecular formula is C31H23NO. The molecule has 0 unspecified atom stereocenters. The Morgan fingerprint density at radius 2 is 1.39 bits per heavy atom. The summed E-state index contributed by atoms with van der Waals surface area (Å²) in [7, 11) is 0. The summed E-state index contributed by atoms with van der Waals surface area (Å²) in [5.41, 5.74) is 4.72. The monoisotopic (exact) mass is 425 g/mol. The normalized spacial score (nSPS) is 11.3. The molecule has 0 radical (unpaired) electrons. The number of benzene rings is 5. The maximum Gasteiger partial charge on any atom is 0.143 e. The third kappa shape index (κ3) is 3.32. The highest BCUT2D eigenvalue weighted by molar-refractivity contribution is 6.17. The number of nitrogens with zero attached hydrogens (tertiary/aromatic N) is 1. The first kappa shape index (κ1) is 19.5. The zero-order valence-electron chi connectivity index (χ0n) is 18.7. The first-order chi connectivity index (χ1) is 16.2. The van der Waals surface area contributed by atoms with Gasteiger partial charge in [0.25, 0.3) is 0 Å². The molecule has 0 amide bonds. The molecule has 1 heterocycles. The SMILES string of the molecule is Cc1ccc(Oc2c3ccccc3c(-c3ccc4ccccc4c3)c3cnccc23)c(C)c1. The molecule has 2 nitrogen and oxygen atoms in total. The molecule has 158 valence electrons. The van der Waals surface area contributed by atoms with Crippen LogP contribution >= 0.6 is 0 Å². The van der Waals surface area contributed by atoms with Crippen LogP contribution in [0.4, 0.5) is 0 Å². The fourth-order valence-corrected chi connectivity index (χ4v) is 4.77. The predicted octanol–water partition coefficient (Wildman–Crippen LogP) is 8.62. The number of aryl methyl sites for hydroxylation is 2. The highest BCUT2D eigenvalue weighted by atomic mass is 16.5. The molecule has 0 bridgehead atoms. The van der Waals surface area contributed by atoms with Crippen molar-refractivity contribution in [2.45, 2.75) is 13.8 Å². The van der Waals surface area contributed by atoms with E-state index in [0.717, 1.165) is 38.6 Å². The van der Waals surface area contributed by atoms with E-state index in [1.165, 1.54) is 27.5 Å². The van der Waals surface area contributed by atoms with Gasteiger partial charge in [-0.25, -0.2) is 0 Å². The van der Waals surface area contributed by atoms with Crippen molar-refractivity contribution in [2.75, 3.05) is 0 Å². The number of rotatable bonds is 3. The summed E-state index contributed by atoms with van der Waals surface area (Å²) in [4.78, 5) is 4.49. The van der Waals surface area contributed by atoms with E-state index >= 15 is 0 Å². The average molecular weight is 426 g/mol. The van der Waals surface area contributed by atoms with E-state index in [0.29, 0.717) is 0 Å². The Bertz CT molecular complexity index is 1610. The van der Waals surface area contributed by atoms with Gasteiger partial charge in [-0.3, -0.25) is 4.98 Å². The van der Waals surface area contributed by atoms with Gasteiger partial charge in [-0.1, -0.05) is 78.4 Å². The molecule has 0 atom stereocenters. The largest absolute Gasteiger partial charge is 0.456 e. The van der Waals surface area contributed by atoms with Crippen LogP contribution in [0.1, 0.15) is 11.1 Å². The Hall–Kier alpha value is -4.17. The fourth-order valence-electron chi connectivity index (χ4n) is 4.77. The van der Waals surface area contributed by atoms with Crippen molar-refractivity contribution >= 4 is 32.3 Å². The molecule has 0 fully saturated rings. The zero-order chi connectivity index (χ0) is 22.4. The highest BCUT2D eigenvalue weighted by Gasteiger charge is 2.17. The van der Waals surface area contributed by atoms with Crippen LogP contribution in [0.3, 0.4) is 0 Å². The summed E-state index contributed by atoms with van der Waals surface area (Å²) in [6.07, 6.45) is 3.80. The standard InChI is InChI=1S/C31H23NO/c1-20-11-14-29(21(2)17-20)33-31-26-10-6-5-9-25(26)30(28-19-32-16-15-27(28)31)24-13-12-22-7-3-4-8-23(22)18-24/h3-19H,1-2H3. The molecule has 6 rings (SSSR count). The lowest BCUT2D eigenvalue weighted by molar-refractivity contribution is 0.489. The second-order valence-corrected chi connectivity index (χ2v) is 8.60. The summed E-state index contributed by atoms with van der Waals surface area (Å²) in [6.45, 7) is 4.20. The molecule has 0 aliphatic rings. The Morgan fingerprint density at radius 1 is 0.636 bits per heavy atom. The quantitative estimate of drug-likeness (QED) is 0.265. The van der Waals surface area contributed by atoms with E-state index in [4.69, 9.17) is 4.74 Å². The molecule has 5 aromatic carbocycles. The topological polar surface area (TPSA) is 22.1 Å². The van der Waals surface area contributed by atoms with Gasteiger partial charge >= 0.3 is 0 Å². The Morgan fingerprint density at radius 3 is 2.24 bits per heavy atom. The Balaban J connectivity index is 1.67. The van der Waals surface area contributed by atoms with Gasteiger partial charge in [-0.05, 0) is 64.9 Å². The molecule has 6 aromatic rings. The zero-order valence-corrected chi connectivity index (χ0v) is 18.7. The molecule has 33 heavy (non-hydrogen) atoms. The van der Waals surface area contributed by atoms with Crippen molar-refractivity contribution < 1.29 is 4.74 Å². The van der Waals surface area contributed by atoms with E-state index < -0.39 is 0 Å². The Labute approximate surface area is 193 Å². The van der Waals surface area contributed by atoms with Crippen LogP contribution < -0.4 is 4.74 Å². The van der Waals surface area contributed by atoms with Crippen LogP contribution in [0.15, 0.2) is 103 Å². The van der Waals surface area contributed by atoms with E-state index in [-0.39, 0.29) is 0 Å². The predicted molar refractivity (Wildman–Crippen MR) is 138 cm³/mol. The fraction of sp³-hybridized carbons (Fsp3) is 0.0645. The minimum atomic E-state index is 0.875. The summed E-state index contributed by atoms with van der Waals surface area (Å²) < 4.78 is 6.62. The molecule has 0 N–H and O–H groups in total. The summed E-state index contributed by atoms with van der Waals surface area (Å²) in [5.74, 6) is 1.75. The molecule has 0 aliphatic carbocycles. The lowest BCUT2D eigenvalue weighted by Crippen LogP contribution is -1.94. The van der Waals surface area contributed by atoms with E-state index in [1.807, 2.05) is 12.4 Å². The van der Waals surface area contributed by atoms with Crippen molar-refractivity contribution in [3.05, 3.63) is 115 Å². The van der Waals surface area contributed by atoms with E-state index in [9.17, 15) is 0 Å². The van der Waals surface area contributed by atoms with Crippen molar-refractivity contribution in [3.63, 3.8) is 0 Å². The van der Waals surface area contributed by atoms with Gasteiger partial charge in [0.1, 0.15) is 11.5 Å². The maximum absolute atomic E-state index is 6.62. The smallest absolute Gasteiger partial charge is 0.143 e. The minimum absolute atomic E-state index is 0.875. The molecule has 1 aromatic heterocycles. The van der Waals surface area contributed by atoms with Crippen molar-refractivity contribution in [3.8, 4) is 22.6 Å². The maximum atomic E-state index is 6.62. The molecule has 0 aliphatic heterocycles. The number of ether oxygens (including phenoxy) is 1. The lowest BCUT2D eigenvalue weighted by Gasteiger charge is -2.18. The summed E-state index contributed by atoms with van der Waals surface area (Å²) in [6, 6.07) is 32.0. The van der Waals surface area contributed by atoms with Gasteiger partial charge in [0.05, 0.1) is 0 Å². The average Bonchev–Trinajstić information content (AvgIpc) is 2.85. The van der Waals surface area contributed by atoms with Crippen molar-refractivity contribution in [1.82, 2.24) is 4.98 Å². The number of hydrogen-bond donors (Lipinski definition) is 0. The van der Waals surface area contributed by atoms with Gasteiger partial charge in [0.15, 0.2) is 0 Å². The molecule has 2 heteroatoms. The number of pyridine rings is 1. The van der Waals surface area contributed by atoms with Crippen molar-refractivity contribution in [1.29, 1.82) is 0 Å². The third-order valence-corrected chi connectivity index (χ3v) is 6.36. The van der Waals surface area contributed by atoms with Gasteiger partial charge in [0.2, 0.25) is 0 Å². The second-order valence-electron chi connectivity index (χ2n) is 8.60. The van der Waals surface area contributed by atoms with Crippen LogP contribution in [0.2, 0.25) is 0 Å². The van der Waals surface area contributed by atoms with Crippen LogP contribution in [0.25, 0.3) is 43.4 Å². The first-order valence-corrected chi connectivity index (χ1v) is 11.2. The Kier molecular flexibility index (Phi) is 4.58. The van der Waals surface area contributed by atoms with E-state index in [1.54, 1.807) is 0 Å². The summed E-state index contributed by atoms with van der Waals surface area (Å²) in [5, 5.41) is 6.87. The molecular weight excluding hydrogens is 402 g/mol. The van der Waals surface area contributed by atoms with Gasteiger partial charge in [-0.15, -0.1) is 0 Å². The van der Waals surface area contributed by atoms with Crippen LogP contribution in [0, 0.1) is 13.8 Å². The second kappa shape index (κ2) is 7.75. The highest BCUT2D eigenvalue weighted by Crippen LogP contribution is 2.45. The van der Waals surface area contributed by atoms with Crippen LogP contribution in [-0.4, -0.2) is 4.98 Å². The minimum Gasteiger partial charge on any atom is -0.456 e. The first-order valence-electron chi connectivity index (χ1n) is 11.2. The molecule has 0 saturated heterocycles. The van der Waals surface area contributed by atoms with Crippen LogP contribution in [-0.2, 0) is 0 Å². The van der Waals surface area contributed by atoms with Gasteiger partial charge in [0, 0.05) is 28.6 Å². The van der Waals surface area contributed by atoms with Crippen LogP contribution in [0.5, 0.6) is 11.5 Å². The van der Waals surface area contributed by atoms with Gasteiger partial charge in [-0.2, -0.15) is 0 Å². The number of aromatic nitrogens is 1. The molecule has 0 saturated carbocycles. The van der Waals surface area contributed by atoms with E-state index in [2.05, 4.69) is 110 Å². The third-order valence-electron chi connectivity index (χ3n) is 6.36. The molecule has 0 spiro atoms. The van der Waals surface area contributed by atoms with Gasteiger partial charge < -0.3 is 4.74 Å². The lowest BCUT2D eigenvalue weighted by atomic mass is 9.91. The summed E-state index contributed by atoms with van der Waals surface area (Å²) >= 11 is 0. The number of hydrogen-bond acceptors (Lipinski definition) is 2. The number of fused-ring (bicyclic) bond motifs is 3.